The highest BCUT2D eigenvalue weighted by Gasteiger charge is 2.25. The number of carbonyl (C=O) groups excluding carboxylic acids is 2. The largest absolute Gasteiger partial charge is 0.343 e. The Morgan fingerprint density at radius 3 is 2.74 bits per heavy atom. The Bertz CT molecular complexity index is 440. The number of nitriles is 1. The van der Waals surface area contributed by atoms with Gasteiger partial charge in [0, 0.05) is 38.6 Å². The monoisotopic (exact) mass is 320 g/mol. The van der Waals surface area contributed by atoms with E-state index in [1.165, 1.54) is 6.42 Å². The van der Waals surface area contributed by atoms with Crippen molar-refractivity contribution in [2.75, 3.05) is 26.2 Å². The summed E-state index contributed by atoms with van der Waals surface area (Å²) in [5.74, 6) is 0.231. The summed E-state index contributed by atoms with van der Waals surface area (Å²) in [5, 5.41) is 11.8. The summed E-state index contributed by atoms with van der Waals surface area (Å²) in [5.41, 5.74) is 0. The molecule has 1 heterocycles. The predicted octanol–water partition coefficient (Wildman–Crippen LogP) is 2.26. The van der Waals surface area contributed by atoms with Crippen molar-refractivity contribution < 1.29 is 9.59 Å². The Balaban J connectivity index is 1.73. The number of rotatable bonds is 7. The lowest BCUT2D eigenvalue weighted by atomic mass is 9.94. The first-order valence-corrected chi connectivity index (χ1v) is 8.91. The van der Waals surface area contributed by atoms with Gasteiger partial charge in [-0.2, -0.15) is 5.26 Å². The Morgan fingerprint density at radius 2 is 2.09 bits per heavy atom. The minimum Gasteiger partial charge on any atom is -0.343 e. The molecule has 0 radical (unpaired) electrons. The van der Waals surface area contributed by atoms with Gasteiger partial charge >= 0.3 is 6.03 Å². The number of urea groups is 1. The molecule has 0 aromatic heterocycles. The zero-order valence-corrected chi connectivity index (χ0v) is 13.9. The van der Waals surface area contributed by atoms with Crippen LogP contribution in [-0.2, 0) is 4.79 Å². The zero-order chi connectivity index (χ0) is 16.5. The normalized spacial score (nSPS) is 18.7. The lowest BCUT2D eigenvalue weighted by molar-refractivity contribution is -0.127. The third kappa shape index (κ3) is 5.42. The van der Waals surface area contributed by atoms with Crippen molar-refractivity contribution in [3.63, 3.8) is 0 Å². The van der Waals surface area contributed by atoms with Crippen LogP contribution in [0.25, 0.3) is 0 Å². The minimum atomic E-state index is -0.0556. The molecule has 0 aromatic carbocycles. The number of nitrogens with zero attached hydrogens (tertiary/aromatic N) is 3. The number of nitrogens with one attached hydrogen (secondary N) is 1. The molecule has 3 amide bonds. The lowest BCUT2D eigenvalue weighted by Crippen LogP contribution is -2.47. The molecule has 6 nitrogen and oxygen atoms in total. The first kappa shape index (κ1) is 17.6. The van der Waals surface area contributed by atoms with E-state index in [0.717, 1.165) is 51.6 Å². The Kier molecular flexibility index (Phi) is 7.18. The molecule has 0 unspecified atom stereocenters. The summed E-state index contributed by atoms with van der Waals surface area (Å²) in [4.78, 5) is 27.7. The second kappa shape index (κ2) is 9.39. The van der Waals surface area contributed by atoms with Gasteiger partial charge in [0.1, 0.15) is 0 Å². The van der Waals surface area contributed by atoms with Gasteiger partial charge in [-0.25, -0.2) is 4.79 Å². The molecule has 6 heteroatoms. The molecule has 1 aliphatic heterocycles. The van der Waals surface area contributed by atoms with Gasteiger partial charge in [0.2, 0.25) is 5.91 Å². The predicted molar refractivity (Wildman–Crippen MR) is 87.6 cm³/mol. The molecule has 0 aromatic rings. The molecule has 1 saturated heterocycles. The fourth-order valence-electron chi connectivity index (χ4n) is 3.52. The van der Waals surface area contributed by atoms with E-state index in [1.807, 2.05) is 9.80 Å². The van der Waals surface area contributed by atoms with Crippen molar-refractivity contribution in [1.29, 1.82) is 5.26 Å². The van der Waals surface area contributed by atoms with Crippen LogP contribution in [0.1, 0.15) is 57.8 Å². The summed E-state index contributed by atoms with van der Waals surface area (Å²) >= 11 is 0. The zero-order valence-electron chi connectivity index (χ0n) is 13.9. The summed E-state index contributed by atoms with van der Waals surface area (Å²) in [6, 6.07) is 2.36. The molecule has 1 aliphatic carbocycles. The second-order valence-corrected chi connectivity index (χ2v) is 6.46. The van der Waals surface area contributed by atoms with Crippen LogP contribution in [0.2, 0.25) is 0 Å². The van der Waals surface area contributed by atoms with E-state index in [-0.39, 0.29) is 18.0 Å². The van der Waals surface area contributed by atoms with Crippen LogP contribution in [0.5, 0.6) is 0 Å². The molecule has 23 heavy (non-hydrogen) atoms. The van der Waals surface area contributed by atoms with E-state index in [0.29, 0.717) is 25.9 Å². The molecular weight excluding hydrogens is 292 g/mol. The van der Waals surface area contributed by atoms with Crippen molar-refractivity contribution in [2.24, 2.45) is 0 Å². The van der Waals surface area contributed by atoms with Gasteiger partial charge in [-0.3, -0.25) is 4.79 Å². The van der Waals surface area contributed by atoms with E-state index in [4.69, 9.17) is 5.26 Å². The molecule has 0 bridgehead atoms. The molecule has 2 aliphatic rings. The van der Waals surface area contributed by atoms with E-state index in [9.17, 15) is 9.59 Å². The smallest absolute Gasteiger partial charge is 0.317 e. The maximum atomic E-state index is 12.4. The van der Waals surface area contributed by atoms with Crippen molar-refractivity contribution >= 4 is 11.9 Å². The first-order valence-electron chi connectivity index (χ1n) is 8.91. The molecule has 2 rings (SSSR count). The van der Waals surface area contributed by atoms with Crippen molar-refractivity contribution in [1.82, 2.24) is 15.1 Å². The van der Waals surface area contributed by atoms with E-state index in [1.54, 1.807) is 0 Å². The van der Waals surface area contributed by atoms with E-state index < -0.39 is 0 Å². The highest BCUT2D eigenvalue weighted by molar-refractivity contribution is 5.78. The molecular formula is C17H28N4O2. The fraction of sp³-hybridized carbons (Fsp3) is 0.824. The number of hydrogen-bond acceptors (Lipinski definition) is 3. The molecule has 128 valence electrons. The summed E-state index contributed by atoms with van der Waals surface area (Å²) in [6.45, 7) is 2.67. The number of amides is 3. The maximum Gasteiger partial charge on any atom is 0.317 e. The van der Waals surface area contributed by atoms with Crippen LogP contribution in [-0.4, -0.2) is 54.0 Å². The van der Waals surface area contributed by atoms with Gasteiger partial charge in [0.25, 0.3) is 0 Å². The summed E-state index contributed by atoms with van der Waals surface area (Å²) in [7, 11) is 0. The Labute approximate surface area is 138 Å². The molecule has 0 atom stereocenters. The number of carbonyl (C=O) groups is 2. The van der Waals surface area contributed by atoms with Gasteiger partial charge in [0.05, 0.1) is 12.5 Å². The molecule has 2 fully saturated rings. The standard InChI is InChI=1S/C17H28N4O2/c18-10-5-14-21(15-7-2-1-3-8-15)17(23)19-11-6-13-20-12-4-9-16(20)22/h15H,1-9,11-14H2,(H,19,23). The molecule has 1 N–H and O–H groups in total. The maximum absolute atomic E-state index is 12.4. The van der Waals surface area contributed by atoms with Crippen molar-refractivity contribution in [3.05, 3.63) is 0 Å². The van der Waals surface area contributed by atoms with Gasteiger partial charge in [0.15, 0.2) is 0 Å². The average molecular weight is 320 g/mol. The van der Waals surface area contributed by atoms with Crippen LogP contribution in [0.15, 0.2) is 0 Å². The average Bonchev–Trinajstić information content (AvgIpc) is 2.98. The quantitative estimate of drug-likeness (QED) is 0.731. The van der Waals surface area contributed by atoms with Crippen molar-refractivity contribution in [3.8, 4) is 6.07 Å². The van der Waals surface area contributed by atoms with E-state index >= 15 is 0 Å². The SMILES string of the molecule is N#CCCN(C(=O)NCCCN1CCCC1=O)C1CCCCC1. The second-order valence-electron chi connectivity index (χ2n) is 6.46. The fourth-order valence-corrected chi connectivity index (χ4v) is 3.52. The topological polar surface area (TPSA) is 76.4 Å². The first-order chi connectivity index (χ1) is 11.2. The van der Waals surface area contributed by atoms with Gasteiger partial charge in [-0.15, -0.1) is 0 Å². The third-order valence-electron chi connectivity index (χ3n) is 4.79. The van der Waals surface area contributed by atoms with Crippen molar-refractivity contribution in [2.45, 2.75) is 63.8 Å². The van der Waals surface area contributed by atoms with E-state index in [2.05, 4.69) is 11.4 Å². The summed E-state index contributed by atoms with van der Waals surface area (Å²) in [6.07, 6.45) is 8.44. The van der Waals surface area contributed by atoms with Crippen LogP contribution in [0, 0.1) is 11.3 Å². The highest BCUT2D eigenvalue weighted by Crippen LogP contribution is 2.22. The third-order valence-corrected chi connectivity index (χ3v) is 4.79. The number of likely N-dealkylation sites (tertiary alicyclic amines) is 1. The van der Waals surface area contributed by atoms with Crippen LogP contribution >= 0.6 is 0 Å². The highest BCUT2D eigenvalue weighted by atomic mass is 16.2. The van der Waals surface area contributed by atoms with Crippen LogP contribution < -0.4 is 5.32 Å². The summed E-state index contributed by atoms with van der Waals surface area (Å²) < 4.78 is 0. The minimum absolute atomic E-state index is 0.0556. The van der Waals surface area contributed by atoms with Crippen LogP contribution in [0.4, 0.5) is 4.79 Å². The Hall–Kier alpha value is -1.77. The molecule has 1 saturated carbocycles. The Morgan fingerprint density at radius 1 is 1.30 bits per heavy atom. The van der Waals surface area contributed by atoms with Gasteiger partial charge in [-0.05, 0) is 25.7 Å². The lowest BCUT2D eigenvalue weighted by Gasteiger charge is -2.34. The van der Waals surface area contributed by atoms with Gasteiger partial charge < -0.3 is 15.1 Å². The number of hydrogen-bond donors (Lipinski definition) is 1. The van der Waals surface area contributed by atoms with Gasteiger partial charge in [-0.1, -0.05) is 19.3 Å². The van der Waals surface area contributed by atoms with Crippen LogP contribution in [0.3, 0.4) is 0 Å². The molecule has 0 spiro atoms.